The van der Waals surface area contributed by atoms with Crippen LogP contribution in [0.3, 0.4) is 0 Å². The van der Waals surface area contributed by atoms with Crippen molar-refractivity contribution in [2.45, 2.75) is 30.5 Å². The van der Waals surface area contributed by atoms with Crippen molar-refractivity contribution in [1.29, 1.82) is 0 Å². The number of carbonyl (C=O) groups excluding carboxylic acids is 1. The summed E-state index contributed by atoms with van der Waals surface area (Å²) in [5, 5.41) is 11.7. The van der Waals surface area contributed by atoms with Gasteiger partial charge < -0.3 is 9.84 Å². The lowest BCUT2D eigenvalue weighted by molar-refractivity contribution is 0.0601. The molecule has 152 valence electrons. The smallest absolute Gasteiger partial charge is 0.337 e. The third kappa shape index (κ3) is 4.93. The summed E-state index contributed by atoms with van der Waals surface area (Å²) in [6.45, 7) is 1.69. The SMILES string of the molecule is COC(=O)c1ccc2c(=O)n(C[C@@H](C)O)c(SCc3ccc(Cl)cc3Cl)nc2c1. The molecule has 29 heavy (non-hydrogen) atoms. The van der Waals surface area contributed by atoms with E-state index in [0.717, 1.165) is 5.56 Å². The van der Waals surface area contributed by atoms with Crippen LogP contribution in [0.25, 0.3) is 10.9 Å². The highest BCUT2D eigenvalue weighted by atomic mass is 35.5. The highest BCUT2D eigenvalue weighted by molar-refractivity contribution is 7.98. The van der Waals surface area contributed by atoms with E-state index < -0.39 is 12.1 Å². The zero-order valence-electron chi connectivity index (χ0n) is 15.7. The van der Waals surface area contributed by atoms with Crippen LogP contribution < -0.4 is 5.56 Å². The van der Waals surface area contributed by atoms with Gasteiger partial charge in [0.1, 0.15) is 0 Å². The first-order valence-electron chi connectivity index (χ1n) is 8.68. The Balaban J connectivity index is 2.06. The van der Waals surface area contributed by atoms with Gasteiger partial charge >= 0.3 is 5.97 Å². The van der Waals surface area contributed by atoms with Gasteiger partial charge in [-0.15, -0.1) is 0 Å². The summed E-state index contributed by atoms with van der Waals surface area (Å²) in [7, 11) is 1.29. The predicted molar refractivity (Wildman–Crippen MR) is 115 cm³/mol. The molecule has 1 N–H and O–H groups in total. The van der Waals surface area contributed by atoms with Gasteiger partial charge in [-0.05, 0) is 42.8 Å². The molecule has 0 aliphatic heterocycles. The maximum Gasteiger partial charge on any atom is 0.337 e. The fraction of sp³-hybridized carbons (Fsp3) is 0.250. The molecule has 0 aliphatic carbocycles. The number of aliphatic hydroxyl groups excluding tert-OH is 1. The minimum absolute atomic E-state index is 0.0945. The zero-order chi connectivity index (χ0) is 21.1. The van der Waals surface area contributed by atoms with Crippen LogP contribution in [-0.2, 0) is 17.0 Å². The lowest BCUT2D eigenvalue weighted by Crippen LogP contribution is -2.28. The van der Waals surface area contributed by atoms with Gasteiger partial charge in [-0.1, -0.05) is 41.0 Å². The fourth-order valence-electron chi connectivity index (χ4n) is 2.76. The minimum atomic E-state index is -0.736. The molecule has 0 fully saturated rings. The van der Waals surface area contributed by atoms with Crippen molar-refractivity contribution in [1.82, 2.24) is 9.55 Å². The van der Waals surface area contributed by atoms with Crippen LogP contribution in [0.1, 0.15) is 22.8 Å². The average molecular weight is 453 g/mol. The van der Waals surface area contributed by atoms with Gasteiger partial charge in [-0.3, -0.25) is 9.36 Å². The second-order valence-corrected chi connectivity index (χ2v) is 8.19. The number of methoxy groups -OCH3 is 1. The van der Waals surface area contributed by atoms with E-state index in [9.17, 15) is 14.7 Å². The maximum atomic E-state index is 13.0. The number of aliphatic hydroxyl groups is 1. The summed E-state index contributed by atoms with van der Waals surface area (Å²) in [4.78, 5) is 29.4. The minimum Gasteiger partial charge on any atom is -0.465 e. The average Bonchev–Trinajstić information content (AvgIpc) is 2.68. The number of hydrogen-bond acceptors (Lipinski definition) is 6. The van der Waals surface area contributed by atoms with Crippen LogP contribution in [0.2, 0.25) is 10.0 Å². The van der Waals surface area contributed by atoms with E-state index in [1.165, 1.54) is 35.6 Å². The number of halogens is 2. The molecule has 0 bridgehead atoms. The molecule has 0 saturated carbocycles. The van der Waals surface area contributed by atoms with Gasteiger partial charge in [0.2, 0.25) is 0 Å². The molecule has 9 heteroatoms. The van der Waals surface area contributed by atoms with Crippen molar-refractivity contribution < 1.29 is 14.6 Å². The first-order chi connectivity index (χ1) is 13.8. The van der Waals surface area contributed by atoms with E-state index in [1.807, 2.05) is 6.07 Å². The third-order valence-electron chi connectivity index (χ3n) is 4.16. The van der Waals surface area contributed by atoms with Gasteiger partial charge in [0.15, 0.2) is 5.16 Å². The van der Waals surface area contributed by atoms with Crippen molar-refractivity contribution in [2.75, 3.05) is 7.11 Å². The van der Waals surface area contributed by atoms with Crippen molar-refractivity contribution >= 4 is 51.8 Å². The molecular formula is C20H18Cl2N2O4S. The Morgan fingerprint density at radius 1 is 1.28 bits per heavy atom. The lowest BCUT2D eigenvalue weighted by Gasteiger charge is -2.15. The Kier molecular flexibility index (Phi) is 6.85. The van der Waals surface area contributed by atoms with E-state index in [0.29, 0.717) is 37.4 Å². The summed E-state index contributed by atoms with van der Waals surface area (Å²) in [5.41, 5.74) is 1.22. The predicted octanol–water partition coefficient (Wildman–Crippen LogP) is 4.16. The van der Waals surface area contributed by atoms with Gasteiger partial charge in [0.05, 0.1) is 36.2 Å². The fourth-order valence-corrected chi connectivity index (χ4v) is 4.33. The highest BCUT2D eigenvalue weighted by Crippen LogP contribution is 2.28. The number of nitrogens with zero attached hydrogens (tertiary/aromatic N) is 2. The van der Waals surface area contributed by atoms with Gasteiger partial charge in [-0.25, -0.2) is 9.78 Å². The number of benzene rings is 2. The second kappa shape index (κ2) is 9.17. The molecule has 3 rings (SSSR count). The van der Waals surface area contributed by atoms with Crippen LogP contribution in [0, 0.1) is 0 Å². The Hall–Kier alpha value is -2.06. The van der Waals surface area contributed by atoms with Crippen LogP contribution in [0.5, 0.6) is 0 Å². The molecule has 0 unspecified atom stereocenters. The Labute approximate surface area is 181 Å². The summed E-state index contributed by atoms with van der Waals surface area (Å²) in [5.74, 6) is -0.0613. The van der Waals surface area contributed by atoms with Crippen molar-refractivity contribution in [2.24, 2.45) is 0 Å². The quantitative estimate of drug-likeness (QED) is 0.343. The molecule has 0 spiro atoms. The largest absolute Gasteiger partial charge is 0.465 e. The van der Waals surface area contributed by atoms with Crippen molar-refractivity contribution in [3.63, 3.8) is 0 Å². The van der Waals surface area contributed by atoms with E-state index in [4.69, 9.17) is 27.9 Å². The number of fused-ring (bicyclic) bond motifs is 1. The van der Waals surface area contributed by atoms with Crippen LogP contribution >= 0.6 is 35.0 Å². The first-order valence-corrected chi connectivity index (χ1v) is 10.4. The molecule has 0 amide bonds. The molecule has 0 saturated heterocycles. The number of ether oxygens (including phenoxy) is 1. The van der Waals surface area contributed by atoms with Gasteiger partial charge in [-0.2, -0.15) is 0 Å². The normalized spacial score (nSPS) is 12.2. The zero-order valence-corrected chi connectivity index (χ0v) is 18.0. The Bertz CT molecular complexity index is 1130. The Morgan fingerprint density at radius 3 is 2.69 bits per heavy atom. The molecule has 0 radical (unpaired) electrons. The number of carbonyl (C=O) groups is 1. The molecule has 0 aliphatic rings. The van der Waals surface area contributed by atoms with Gasteiger partial charge in [0.25, 0.3) is 5.56 Å². The number of esters is 1. The standard InChI is InChI=1S/C20H18Cl2N2O4S/c1-11(25)9-24-18(26)15-6-4-12(19(27)28-2)7-17(15)23-20(24)29-10-13-3-5-14(21)8-16(13)22/h3-8,11,25H,9-10H2,1-2H3/t11-/m1/s1. The topological polar surface area (TPSA) is 81.4 Å². The number of thioether (sulfide) groups is 1. The van der Waals surface area contributed by atoms with Crippen molar-refractivity contribution in [3.8, 4) is 0 Å². The summed E-state index contributed by atoms with van der Waals surface area (Å²) in [6, 6.07) is 9.78. The summed E-state index contributed by atoms with van der Waals surface area (Å²) in [6.07, 6.45) is -0.736. The molecular weight excluding hydrogens is 435 g/mol. The van der Waals surface area contributed by atoms with Crippen LogP contribution in [0.4, 0.5) is 0 Å². The summed E-state index contributed by atoms with van der Waals surface area (Å²) >= 11 is 13.5. The molecule has 2 aromatic carbocycles. The summed E-state index contributed by atoms with van der Waals surface area (Å²) < 4.78 is 6.17. The number of hydrogen-bond donors (Lipinski definition) is 1. The highest BCUT2D eigenvalue weighted by Gasteiger charge is 2.16. The van der Waals surface area contributed by atoms with Gasteiger partial charge in [0, 0.05) is 15.8 Å². The molecule has 1 atom stereocenters. The lowest BCUT2D eigenvalue weighted by atomic mass is 10.1. The number of aromatic nitrogens is 2. The van der Waals surface area contributed by atoms with E-state index in [-0.39, 0.29) is 12.1 Å². The first kappa shape index (κ1) is 21.6. The van der Waals surface area contributed by atoms with E-state index in [1.54, 1.807) is 25.1 Å². The van der Waals surface area contributed by atoms with Crippen LogP contribution in [-0.4, -0.2) is 33.8 Å². The molecule has 6 nitrogen and oxygen atoms in total. The van der Waals surface area contributed by atoms with Crippen molar-refractivity contribution in [3.05, 3.63) is 67.9 Å². The van der Waals surface area contributed by atoms with Crippen LogP contribution in [0.15, 0.2) is 46.3 Å². The monoisotopic (exact) mass is 452 g/mol. The molecule has 1 aromatic heterocycles. The Morgan fingerprint density at radius 2 is 2.03 bits per heavy atom. The maximum absolute atomic E-state index is 13.0. The van der Waals surface area contributed by atoms with E-state index >= 15 is 0 Å². The molecule has 3 aromatic rings. The number of rotatable bonds is 6. The second-order valence-electron chi connectivity index (χ2n) is 6.41. The molecule has 1 heterocycles. The van der Waals surface area contributed by atoms with E-state index in [2.05, 4.69) is 4.98 Å². The third-order valence-corrected chi connectivity index (χ3v) is 5.77.